The summed E-state index contributed by atoms with van der Waals surface area (Å²) in [5.74, 6) is -3.66. The van der Waals surface area contributed by atoms with Gasteiger partial charge in [-0.2, -0.15) is 0 Å². The van der Waals surface area contributed by atoms with Gasteiger partial charge in [-0.1, -0.05) is 60.7 Å². The van der Waals surface area contributed by atoms with Crippen LogP contribution in [0.1, 0.15) is 43.5 Å². The Bertz CT molecular complexity index is 917. The second-order valence-corrected chi connectivity index (χ2v) is 8.28. The van der Waals surface area contributed by atoms with Gasteiger partial charge in [-0.15, -0.1) is 0 Å². The Balaban J connectivity index is 1.82. The molecule has 8 heteroatoms. The van der Waals surface area contributed by atoms with Crippen LogP contribution in [-0.4, -0.2) is 54.2 Å². The number of benzene rings is 2. The summed E-state index contributed by atoms with van der Waals surface area (Å²) in [5, 5.41) is 25.5. The average Bonchev–Trinajstić information content (AvgIpc) is 2.85. The summed E-state index contributed by atoms with van der Waals surface area (Å²) in [6, 6.07) is 17.1. The third-order valence-corrected chi connectivity index (χ3v) is 6.18. The molecule has 0 spiro atoms. The molecule has 4 N–H and O–H groups in total. The predicted molar refractivity (Wildman–Crippen MR) is 126 cm³/mol. The second-order valence-electron chi connectivity index (χ2n) is 8.28. The van der Waals surface area contributed by atoms with Crippen molar-refractivity contribution in [2.24, 2.45) is 11.8 Å². The largest absolute Gasteiger partial charge is 0.394 e. The second kappa shape index (κ2) is 12.1. The normalized spacial score (nSPS) is 20.6. The molecule has 34 heavy (non-hydrogen) atoms. The van der Waals surface area contributed by atoms with Gasteiger partial charge in [-0.05, 0) is 25.0 Å². The predicted octanol–water partition coefficient (Wildman–Crippen LogP) is 2.09. The van der Waals surface area contributed by atoms with Crippen LogP contribution >= 0.6 is 0 Å². The number of aliphatic hydroxyl groups is 2. The lowest BCUT2D eigenvalue weighted by Gasteiger charge is -2.52. The van der Waals surface area contributed by atoms with E-state index in [9.17, 15) is 19.8 Å². The highest BCUT2D eigenvalue weighted by Gasteiger charge is 2.62. The number of ether oxygens (including phenoxy) is 2. The van der Waals surface area contributed by atoms with Crippen molar-refractivity contribution < 1.29 is 29.3 Å². The highest BCUT2D eigenvalue weighted by molar-refractivity contribution is 5.91. The minimum absolute atomic E-state index is 0.209. The number of hydrogen-bond donors (Lipinski definition) is 4. The first-order chi connectivity index (χ1) is 16.5. The molecule has 2 amide bonds. The Morgan fingerprint density at radius 3 is 1.71 bits per heavy atom. The van der Waals surface area contributed by atoms with Gasteiger partial charge in [0.2, 0.25) is 11.8 Å². The van der Waals surface area contributed by atoms with Crippen molar-refractivity contribution in [3.8, 4) is 0 Å². The van der Waals surface area contributed by atoms with E-state index in [1.165, 1.54) is 0 Å². The number of carbonyl (C=O) groups is 2. The van der Waals surface area contributed by atoms with E-state index in [4.69, 9.17) is 9.47 Å². The number of hydrogen-bond acceptors (Lipinski definition) is 6. The fourth-order valence-corrected chi connectivity index (χ4v) is 4.53. The Labute approximate surface area is 200 Å². The van der Waals surface area contributed by atoms with E-state index in [0.717, 1.165) is 11.1 Å². The first-order valence-electron chi connectivity index (χ1n) is 11.7. The van der Waals surface area contributed by atoms with Crippen LogP contribution in [0.25, 0.3) is 0 Å². The van der Waals surface area contributed by atoms with Gasteiger partial charge >= 0.3 is 0 Å². The number of nitrogens with one attached hydrogen (secondary N) is 2. The summed E-state index contributed by atoms with van der Waals surface area (Å²) >= 11 is 0. The fraction of sp³-hybridized carbons (Fsp3) is 0.462. The van der Waals surface area contributed by atoms with E-state index in [2.05, 4.69) is 10.6 Å². The molecule has 0 saturated heterocycles. The Kier molecular flexibility index (Phi) is 9.18. The zero-order chi connectivity index (χ0) is 24.6. The molecule has 0 bridgehead atoms. The van der Waals surface area contributed by atoms with Crippen LogP contribution in [0.15, 0.2) is 60.7 Å². The van der Waals surface area contributed by atoms with Crippen LogP contribution < -0.4 is 10.6 Å². The molecule has 1 aliphatic carbocycles. The summed E-state index contributed by atoms with van der Waals surface area (Å²) in [5.41, 5.74) is 1.52. The standard InChI is InChI=1S/C26H34N2O6/c1-3-33-26(34-4-2)15-20(24(31)27-21(16-29)18-11-7-5-8-12-18)23(26)25(32)28-22(17-30)19-13-9-6-10-14-19/h5-14,20-23,29-30H,3-4,15-17H2,1-2H3,(H,27,31)(H,28,32)/t20-,21-,22-,23-/m0/s1. The molecule has 2 aromatic carbocycles. The smallest absolute Gasteiger partial charge is 0.229 e. The van der Waals surface area contributed by atoms with Crippen molar-refractivity contribution >= 4 is 11.8 Å². The van der Waals surface area contributed by atoms with Crippen LogP contribution in [0.3, 0.4) is 0 Å². The maximum Gasteiger partial charge on any atom is 0.229 e. The van der Waals surface area contributed by atoms with Gasteiger partial charge < -0.3 is 30.3 Å². The SMILES string of the molecule is CCOC1(OCC)C[C@H](C(=O)N[C@@H](CO)c2ccccc2)[C@H]1C(=O)N[C@@H](CO)c1ccccc1. The van der Waals surface area contributed by atoms with E-state index >= 15 is 0 Å². The van der Waals surface area contributed by atoms with Crippen LogP contribution in [-0.2, 0) is 19.1 Å². The van der Waals surface area contributed by atoms with Gasteiger partial charge in [0.15, 0.2) is 5.79 Å². The number of amides is 2. The molecule has 1 aliphatic rings. The minimum atomic E-state index is -1.23. The third-order valence-electron chi connectivity index (χ3n) is 6.18. The van der Waals surface area contributed by atoms with E-state index in [-0.39, 0.29) is 25.5 Å². The Morgan fingerprint density at radius 2 is 1.29 bits per heavy atom. The lowest BCUT2D eigenvalue weighted by atomic mass is 9.66. The topological polar surface area (TPSA) is 117 Å². The van der Waals surface area contributed by atoms with Crippen molar-refractivity contribution in [2.45, 2.75) is 38.1 Å². The maximum atomic E-state index is 13.5. The minimum Gasteiger partial charge on any atom is -0.394 e. The van der Waals surface area contributed by atoms with Crippen molar-refractivity contribution in [1.29, 1.82) is 0 Å². The molecule has 1 fully saturated rings. The van der Waals surface area contributed by atoms with E-state index in [0.29, 0.717) is 13.2 Å². The molecular weight excluding hydrogens is 436 g/mol. The summed E-state index contributed by atoms with van der Waals surface area (Å²) in [6.07, 6.45) is 0.209. The molecular formula is C26H34N2O6. The van der Waals surface area contributed by atoms with Crippen LogP contribution in [0.4, 0.5) is 0 Å². The highest BCUT2D eigenvalue weighted by Crippen LogP contribution is 2.48. The molecule has 8 nitrogen and oxygen atoms in total. The molecule has 0 heterocycles. The quantitative estimate of drug-likeness (QED) is 0.353. The molecule has 2 aromatic rings. The number of carbonyl (C=O) groups excluding carboxylic acids is 2. The van der Waals surface area contributed by atoms with Crippen molar-refractivity contribution in [1.82, 2.24) is 10.6 Å². The molecule has 4 atom stereocenters. The van der Waals surface area contributed by atoms with Gasteiger partial charge in [0.05, 0.1) is 31.2 Å². The highest BCUT2D eigenvalue weighted by atomic mass is 16.7. The fourth-order valence-electron chi connectivity index (χ4n) is 4.53. The first kappa shape index (κ1) is 25.8. The summed E-state index contributed by atoms with van der Waals surface area (Å²) in [4.78, 5) is 26.7. The number of rotatable bonds is 12. The molecule has 0 aromatic heterocycles. The van der Waals surface area contributed by atoms with E-state index in [1.807, 2.05) is 60.7 Å². The zero-order valence-electron chi connectivity index (χ0n) is 19.6. The molecule has 0 unspecified atom stereocenters. The Morgan fingerprint density at radius 1 is 0.853 bits per heavy atom. The molecule has 3 rings (SSSR count). The monoisotopic (exact) mass is 470 g/mol. The molecule has 0 aliphatic heterocycles. The van der Waals surface area contributed by atoms with Crippen molar-refractivity contribution in [2.75, 3.05) is 26.4 Å². The van der Waals surface area contributed by atoms with Gasteiger partial charge in [0.25, 0.3) is 0 Å². The van der Waals surface area contributed by atoms with Gasteiger partial charge in [-0.25, -0.2) is 0 Å². The first-order valence-corrected chi connectivity index (χ1v) is 11.7. The van der Waals surface area contributed by atoms with Crippen molar-refractivity contribution in [3.05, 3.63) is 71.8 Å². The summed E-state index contributed by atoms with van der Waals surface area (Å²) < 4.78 is 11.8. The average molecular weight is 471 g/mol. The Hall–Kier alpha value is -2.78. The van der Waals surface area contributed by atoms with Gasteiger partial charge in [0.1, 0.15) is 5.92 Å². The molecule has 1 saturated carbocycles. The number of aliphatic hydroxyl groups excluding tert-OH is 2. The van der Waals surface area contributed by atoms with Crippen LogP contribution in [0.5, 0.6) is 0 Å². The zero-order valence-corrected chi connectivity index (χ0v) is 19.6. The molecule has 184 valence electrons. The van der Waals surface area contributed by atoms with E-state index in [1.54, 1.807) is 13.8 Å². The van der Waals surface area contributed by atoms with Crippen LogP contribution in [0.2, 0.25) is 0 Å². The van der Waals surface area contributed by atoms with Crippen LogP contribution in [0, 0.1) is 11.8 Å². The molecule has 0 radical (unpaired) electrons. The summed E-state index contributed by atoms with van der Waals surface area (Å²) in [6.45, 7) is 3.66. The van der Waals surface area contributed by atoms with Gasteiger partial charge in [0, 0.05) is 19.6 Å². The summed E-state index contributed by atoms with van der Waals surface area (Å²) in [7, 11) is 0. The maximum absolute atomic E-state index is 13.5. The lowest BCUT2D eigenvalue weighted by Crippen LogP contribution is -2.66. The van der Waals surface area contributed by atoms with Gasteiger partial charge in [-0.3, -0.25) is 9.59 Å². The lowest BCUT2D eigenvalue weighted by molar-refractivity contribution is -0.315. The third kappa shape index (κ3) is 5.64. The van der Waals surface area contributed by atoms with Crippen molar-refractivity contribution in [3.63, 3.8) is 0 Å². The van der Waals surface area contributed by atoms with E-state index < -0.39 is 35.6 Å².